The van der Waals surface area contributed by atoms with Gasteiger partial charge in [0.1, 0.15) is 11.7 Å². The van der Waals surface area contributed by atoms with Crippen LogP contribution in [0.2, 0.25) is 5.02 Å². The zero-order valence-corrected chi connectivity index (χ0v) is 22.1. The van der Waals surface area contributed by atoms with Crippen LogP contribution >= 0.6 is 23.4 Å². The fourth-order valence-corrected chi connectivity index (χ4v) is 4.40. The number of nitrogens with zero attached hydrogens (tertiary/aromatic N) is 3. The number of carbonyl (C=O) groups is 1. The SMILES string of the molecule is CC(N)=CC(N)=Nc1cc(NCC2(C)COC2)nc(Sc2ccc(NC(=O)c3ccccc3Cl)cc2)n1. The van der Waals surface area contributed by atoms with E-state index < -0.39 is 0 Å². The molecule has 4 rings (SSSR count). The van der Waals surface area contributed by atoms with Crippen molar-refractivity contribution in [2.24, 2.45) is 21.9 Å². The van der Waals surface area contributed by atoms with Crippen molar-refractivity contribution in [3.63, 3.8) is 0 Å². The fourth-order valence-electron chi connectivity index (χ4n) is 3.42. The number of anilines is 2. The van der Waals surface area contributed by atoms with Crippen LogP contribution in [0.5, 0.6) is 0 Å². The van der Waals surface area contributed by atoms with Gasteiger partial charge in [0.15, 0.2) is 11.0 Å². The zero-order valence-electron chi connectivity index (χ0n) is 20.5. The molecule has 3 aromatic rings. The molecule has 1 fully saturated rings. The number of amidine groups is 1. The highest BCUT2D eigenvalue weighted by Gasteiger charge is 2.33. The minimum Gasteiger partial charge on any atom is -0.402 e. The molecule has 11 heteroatoms. The van der Waals surface area contributed by atoms with Gasteiger partial charge >= 0.3 is 0 Å². The first-order valence-corrected chi connectivity index (χ1v) is 12.7. The van der Waals surface area contributed by atoms with E-state index in [0.29, 0.717) is 58.5 Å². The van der Waals surface area contributed by atoms with Crippen molar-refractivity contribution in [3.05, 3.63) is 77.0 Å². The van der Waals surface area contributed by atoms with E-state index in [1.54, 1.807) is 43.3 Å². The first kappa shape index (κ1) is 26.5. The molecule has 0 spiro atoms. The quantitative estimate of drug-likeness (QED) is 0.173. The average molecular weight is 538 g/mol. The molecule has 2 heterocycles. The van der Waals surface area contributed by atoms with Crippen LogP contribution in [0.3, 0.4) is 0 Å². The number of allylic oxidation sites excluding steroid dienone is 1. The Morgan fingerprint density at radius 1 is 1.19 bits per heavy atom. The predicted molar refractivity (Wildman–Crippen MR) is 149 cm³/mol. The first-order chi connectivity index (χ1) is 17.7. The molecular weight excluding hydrogens is 510 g/mol. The summed E-state index contributed by atoms with van der Waals surface area (Å²) in [7, 11) is 0. The van der Waals surface area contributed by atoms with Gasteiger partial charge < -0.3 is 26.8 Å². The summed E-state index contributed by atoms with van der Waals surface area (Å²) in [4.78, 5) is 27.0. The lowest BCUT2D eigenvalue weighted by atomic mass is 9.89. The van der Waals surface area contributed by atoms with Gasteiger partial charge in [-0.25, -0.2) is 15.0 Å². The molecule has 0 radical (unpaired) electrons. The number of hydrogen-bond donors (Lipinski definition) is 4. The molecule has 0 aliphatic carbocycles. The molecule has 0 atom stereocenters. The number of aliphatic imine (C=N–C) groups is 1. The number of benzene rings is 2. The van der Waals surface area contributed by atoms with E-state index in [2.05, 4.69) is 32.5 Å². The summed E-state index contributed by atoms with van der Waals surface area (Å²) in [6.45, 7) is 5.99. The molecule has 1 aliphatic rings. The lowest BCUT2D eigenvalue weighted by Gasteiger charge is -2.38. The highest BCUT2D eigenvalue weighted by molar-refractivity contribution is 7.99. The molecule has 2 aromatic carbocycles. The minimum absolute atomic E-state index is 0.0599. The Labute approximate surface area is 224 Å². The third kappa shape index (κ3) is 7.45. The molecule has 0 saturated carbocycles. The topological polar surface area (TPSA) is 141 Å². The van der Waals surface area contributed by atoms with Crippen molar-refractivity contribution >= 4 is 52.4 Å². The van der Waals surface area contributed by atoms with Crippen molar-refractivity contribution in [1.82, 2.24) is 9.97 Å². The third-order valence-electron chi connectivity index (χ3n) is 5.35. The van der Waals surface area contributed by atoms with Crippen LogP contribution in [-0.2, 0) is 4.74 Å². The first-order valence-electron chi connectivity index (χ1n) is 11.5. The number of hydrogen-bond acceptors (Lipinski definition) is 8. The van der Waals surface area contributed by atoms with Gasteiger partial charge in [-0.2, -0.15) is 0 Å². The highest BCUT2D eigenvalue weighted by Crippen LogP contribution is 2.31. The van der Waals surface area contributed by atoms with Gasteiger partial charge in [-0.05, 0) is 61.2 Å². The van der Waals surface area contributed by atoms with Crippen LogP contribution in [-0.4, -0.2) is 41.5 Å². The number of carbonyl (C=O) groups excluding carboxylic acids is 1. The molecule has 9 nitrogen and oxygen atoms in total. The second-order valence-electron chi connectivity index (χ2n) is 9.04. The van der Waals surface area contributed by atoms with Gasteiger partial charge in [-0.1, -0.05) is 30.7 Å². The van der Waals surface area contributed by atoms with Crippen LogP contribution in [0.25, 0.3) is 0 Å². The van der Waals surface area contributed by atoms with Gasteiger partial charge in [0.2, 0.25) is 0 Å². The van der Waals surface area contributed by atoms with Crippen LogP contribution in [0.4, 0.5) is 17.3 Å². The van der Waals surface area contributed by atoms with Gasteiger partial charge in [0, 0.05) is 34.3 Å². The summed E-state index contributed by atoms with van der Waals surface area (Å²) < 4.78 is 5.34. The van der Waals surface area contributed by atoms with Crippen molar-refractivity contribution in [3.8, 4) is 0 Å². The smallest absolute Gasteiger partial charge is 0.257 e. The number of aromatic nitrogens is 2. The minimum atomic E-state index is -0.277. The zero-order chi connectivity index (χ0) is 26.4. The molecule has 1 saturated heterocycles. The monoisotopic (exact) mass is 537 g/mol. The summed E-state index contributed by atoms with van der Waals surface area (Å²) in [5, 5.41) is 7.11. The molecule has 37 heavy (non-hydrogen) atoms. The molecule has 1 aliphatic heterocycles. The molecule has 0 bridgehead atoms. The van der Waals surface area contributed by atoms with Crippen LogP contribution in [0.1, 0.15) is 24.2 Å². The standard InChI is InChI=1S/C26H28ClN7O2S/c1-16(28)11-21(29)32-23-12-22(30-13-26(2)14-36-15-26)33-25(34-23)37-18-9-7-17(8-10-18)31-24(35)19-5-3-4-6-20(19)27/h3-12H,13-15,28H2,1-2H3,(H,31,35)(H3,29,30,32,33,34). The Morgan fingerprint density at radius 2 is 1.92 bits per heavy atom. The van der Waals surface area contributed by atoms with E-state index in [1.165, 1.54) is 11.8 Å². The van der Waals surface area contributed by atoms with E-state index in [0.717, 1.165) is 4.90 Å². The van der Waals surface area contributed by atoms with E-state index in [9.17, 15) is 4.79 Å². The maximum absolute atomic E-state index is 12.5. The van der Waals surface area contributed by atoms with Gasteiger partial charge in [0.25, 0.3) is 5.91 Å². The average Bonchev–Trinajstić information content (AvgIpc) is 2.82. The summed E-state index contributed by atoms with van der Waals surface area (Å²) >= 11 is 7.49. The van der Waals surface area contributed by atoms with Crippen LogP contribution < -0.4 is 22.1 Å². The molecule has 6 N–H and O–H groups in total. The number of ether oxygens (including phenoxy) is 1. The number of nitrogens with two attached hydrogens (primary N) is 2. The Kier molecular flexibility index (Phi) is 8.32. The van der Waals surface area contributed by atoms with E-state index in [4.69, 9.17) is 27.8 Å². The summed E-state index contributed by atoms with van der Waals surface area (Å²) in [5.41, 5.74) is 13.4. The fraction of sp³-hybridized carbons (Fsp3) is 0.231. The van der Waals surface area contributed by atoms with E-state index in [-0.39, 0.29) is 17.2 Å². The lowest BCUT2D eigenvalue weighted by molar-refractivity contribution is -0.0924. The normalized spacial score (nSPS) is 15.1. The Hall–Kier alpha value is -3.60. The third-order valence-corrected chi connectivity index (χ3v) is 6.55. The molecule has 1 aromatic heterocycles. The second-order valence-corrected chi connectivity index (χ2v) is 10.5. The molecular formula is C26H28ClN7O2S. The Bertz CT molecular complexity index is 1340. The van der Waals surface area contributed by atoms with Gasteiger partial charge in [-0.15, -0.1) is 0 Å². The summed E-state index contributed by atoms with van der Waals surface area (Å²) in [6.07, 6.45) is 1.57. The predicted octanol–water partition coefficient (Wildman–Crippen LogP) is 4.83. The van der Waals surface area contributed by atoms with Crippen LogP contribution in [0.15, 0.2) is 81.4 Å². The Morgan fingerprint density at radius 3 is 2.57 bits per heavy atom. The molecule has 192 valence electrons. The van der Waals surface area contributed by atoms with Gasteiger partial charge in [-0.3, -0.25) is 4.79 Å². The highest BCUT2D eigenvalue weighted by atomic mass is 35.5. The number of amides is 1. The number of halogens is 1. The second kappa shape index (κ2) is 11.6. The largest absolute Gasteiger partial charge is 0.402 e. The molecule has 1 amide bonds. The maximum atomic E-state index is 12.5. The van der Waals surface area contributed by atoms with Crippen molar-refractivity contribution in [2.75, 3.05) is 30.4 Å². The van der Waals surface area contributed by atoms with E-state index in [1.807, 2.05) is 24.3 Å². The van der Waals surface area contributed by atoms with Crippen molar-refractivity contribution in [2.45, 2.75) is 23.9 Å². The van der Waals surface area contributed by atoms with Gasteiger partial charge in [0.05, 0.1) is 23.8 Å². The summed E-state index contributed by atoms with van der Waals surface area (Å²) in [6, 6.07) is 16.0. The van der Waals surface area contributed by atoms with E-state index >= 15 is 0 Å². The van der Waals surface area contributed by atoms with Crippen LogP contribution in [0, 0.1) is 5.41 Å². The number of rotatable bonds is 9. The Balaban J connectivity index is 1.50. The maximum Gasteiger partial charge on any atom is 0.257 e. The molecule has 0 unspecified atom stereocenters. The summed E-state index contributed by atoms with van der Waals surface area (Å²) in [5.74, 6) is 1.02. The van der Waals surface area contributed by atoms with Crippen molar-refractivity contribution < 1.29 is 9.53 Å². The van der Waals surface area contributed by atoms with Crippen molar-refractivity contribution in [1.29, 1.82) is 0 Å². The number of nitrogens with one attached hydrogen (secondary N) is 2. The lowest BCUT2D eigenvalue weighted by Crippen LogP contribution is -2.45.